The summed E-state index contributed by atoms with van der Waals surface area (Å²) in [6.07, 6.45) is 0.968. The number of piperazine rings is 1. The smallest absolute Gasteiger partial charge is 0.167 e. The Morgan fingerprint density at radius 1 is 1.33 bits per heavy atom. The van der Waals surface area contributed by atoms with Crippen molar-refractivity contribution in [1.29, 1.82) is 0 Å². The summed E-state index contributed by atoms with van der Waals surface area (Å²) in [5.41, 5.74) is 3.21. The van der Waals surface area contributed by atoms with Crippen molar-refractivity contribution >= 4 is 11.0 Å². The van der Waals surface area contributed by atoms with Crippen molar-refractivity contribution in [2.24, 2.45) is 0 Å². The summed E-state index contributed by atoms with van der Waals surface area (Å²) in [6, 6.07) is 6.29. The summed E-state index contributed by atoms with van der Waals surface area (Å²) in [4.78, 5) is 2.48. The molecule has 1 saturated heterocycles. The van der Waals surface area contributed by atoms with Gasteiger partial charge in [-0.2, -0.15) is 0 Å². The van der Waals surface area contributed by atoms with E-state index in [-0.39, 0.29) is 0 Å². The van der Waals surface area contributed by atoms with E-state index in [4.69, 9.17) is 4.52 Å². The summed E-state index contributed by atoms with van der Waals surface area (Å²) >= 11 is 0. The molecule has 0 atom stereocenters. The molecule has 0 bridgehead atoms. The van der Waals surface area contributed by atoms with E-state index in [2.05, 4.69) is 40.5 Å². The maximum Gasteiger partial charge on any atom is 0.167 e. The second kappa shape index (κ2) is 5.08. The van der Waals surface area contributed by atoms with Crippen LogP contribution in [0.1, 0.15) is 11.3 Å². The van der Waals surface area contributed by atoms with Crippen molar-refractivity contribution in [2.75, 3.05) is 32.7 Å². The van der Waals surface area contributed by atoms with Gasteiger partial charge in [0.25, 0.3) is 0 Å². The molecule has 2 aromatic rings. The molecule has 1 aliphatic heterocycles. The monoisotopic (exact) mass is 245 g/mol. The molecule has 4 heteroatoms. The molecular formula is C14H19N3O. The number of fused-ring (bicyclic) bond motifs is 1. The number of nitrogens with zero attached hydrogens (tertiary/aromatic N) is 2. The summed E-state index contributed by atoms with van der Waals surface area (Å²) in [6.45, 7) is 7.60. The number of aryl methyl sites for hydroxylation is 1. The van der Waals surface area contributed by atoms with Crippen LogP contribution in [0.15, 0.2) is 22.7 Å². The summed E-state index contributed by atoms with van der Waals surface area (Å²) in [5, 5.41) is 8.73. The number of aromatic nitrogens is 1. The predicted octanol–water partition coefficient (Wildman–Crippen LogP) is 1.58. The highest BCUT2D eigenvalue weighted by Crippen LogP contribution is 2.20. The van der Waals surface area contributed by atoms with E-state index in [0.717, 1.165) is 55.8 Å². The van der Waals surface area contributed by atoms with Crippen LogP contribution in [0.5, 0.6) is 0 Å². The van der Waals surface area contributed by atoms with Gasteiger partial charge in [0.05, 0.1) is 5.69 Å². The molecule has 96 valence electrons. The fourth-order valence-corrected chi connectivity index (χ4v) is 2.48. The highest BCUT2D eigenvalue weighted by atomic mass is 16.5. The Bertz CT molecular complexity index is 529. The Balaban J connectivity index is 1.70. The average Bonchev–Trinajstić information content (AvgIpc) is 2.80. The van der Waals surface area contributed by atoms with Crippen molar-refractivity contribution in [2.45, 2.75) is 13.3 Å². The third-order valence-electron chi connectivity index (χ3n) is 3.58. The minimum Gasteiger partial charge on any atom is -0.356 e. The third-order valence-corrected chi connectivity index (χ3v) is 3.58. The summed E-state index contributed by atoms with van der Waals surface area (Å²) < 4.78 is 5.39. The molecule has 0 unspecified atom stereocenters. The van der Waals surface area contributed by atoms with Crippen LogP contribution in [0.2, 0.25) is 0 Å². The number of hydrogen-bond donors (Lipinski definition) is 1. The lowest BCUT2D eigenvalue weighted by Gasteiger charge is -2.26. The first-order chi connectivity index (χ1) is 8.83. The van der Waals surface area contributed by atoms with Crippen LogP contribution < -0.4 is 5.32 Å². The first-order valence-corrected chi connectivity index (χ1v) is 6.61. The van der Waals surface area contributed by atoms with Gasteiger partial charge >= 0.3 is 0 Å². The summed E-state index contributed by atoms with van der Waals surface area (Å²) in [7, 11) is 0. The van der Waals surface area contributed by atoms with Gasteiger partial charge in [0.2, 0.25) is 0 Å². The third kappa shape index (κ3) is 2.40. The maximum absolute atomic E-state index is 5.39. The van der Waals surface area contributed by atoms with Gasteiger partial charge in [-0.1, -0.05) is 11.2 Å². The largest absolute Gasteiger partial charge is 0.356 e. The zero-order chi connectivity index (χ0) is 12.4. The average molecular weight is 245 g/mol. The molecule has 1 fully saturated rings. The normalized spacial score (nSPS) is 17.4. The van der Waals surface area contributed by atoms with Crippen molar-refractivity contribution < 1.29 is 4.52 Å². The van der Waals surface area contributed by atoms with Crippen LogP contribution >= 0.6 is 0 Å². The van der Waals surface area contributed by atoms with Gasteiger partial charge in [0.1, 0.15) is 0 Å². The molecule has 1 aliphatic rings. The maximum atomic E-state index is 5.39. The Morgan fingerprint density at radius 2 is 2.17 bits per heavy atom. The number of benzene rings is 1. The molecule has 0 amide bonds. The first-order valence-electron chi connectivity index (χ1n) is 6.61. The van der Waals surface area contributed by atoms with Crippen molar-refractivity contribution in [3.05, 3.63) is 29.5 Å². The van der Waals surface area contributed by atoms with Crippen LogP contribution in [0.4, 0.5) is 0 Å². The zero-order valence-corrected chi connectivity index (χ0v) is 10.8. The van der Waals surface area contributed by atoms with Crippen LogP contribution in [0.25, 0.3) is 11.0 Å². The predicted molar refractivity (Wildman–Crippen MR) is 71.8 cm³/mol. The topological polar surface area (TPSA) is 41.3 Å². The Labute approximate surface area is 107 Å². The van der Waals surface area contributed by atoms with E-state index >= 15 is 0 Å². The van der Waals surface area contributed by atoms with E-state index in [0.29, 0.717) is 0 Å². The minimum atomic E-state index is 0.908. The molecule has 1 N–H and O–H groups in total. The van der Waals surface area contributed by atoms with Crippen molar-refractivity contribution in [1.82, 2.24) is 15.4 Å². The number of nitrogens with one attached hydrogen (secondary N) is 1. The number of hydrogen-bond acceptors (Lipinski definition) is 4. The van der Waals surface area contributed by atoms with Gasteiger partial charge < -0.3 is 14.7 Å². The molecule has 0 aliphatic carbocycles. The van der Waals surface area contributed by atoms with Gasteiger partial charge in [-0.25, -0.2) is 0 Å². The molecule has 2 heterocycles. The second-order valence-electron chi connectivity index (χ2n) is 4.97. The van der Waals surface area contributed by atoms with Gasteiger partial charge in [0.15, 0.2) is 5.58 Å². The van der Waals surface area contributed by atoms with E-state index in [1.54, 1.807) is 0 Å². The first kappa shape index (κ1) is 11.7. The Morgan fingerprint density at radius 3 is 3.00 bits per heavy atom. The van der Waals surface area contributed by atoms with Crippen LogP contribution in [0.3, 0.4) is 0 Å². The molecular weight excluding hydrogens is 226 g/mol. The fraction of sp³-hybridized carbons (Fsp3) is 0.500. The lowest BCUT2D eigenvalue weighted by molar-refractivity contribution is 0.242. The highest BCUT2D eigenvalue weighted by Gasteiger charge is 2.12. The van der Waals surface area contributed by atoms with E-state index in [9.17, 15) is 0 Å². The lowest BCUT2D eigenvalue weighted by atomic mass is 10.1. The standard InChI is InChI=1S/C14H19N3O/c1-11-2-3-12-13(16-18-14(12)10-11)4-7-17-8-5-15-6-9-17/h2-3,10,15H,4-9H2,1H3. The minimum absolute atomic E-state index is 0.908. The Hall–Kier alpha value is -1.39. The van der Waals surface area contributed by atoms with E-state index in [1.807, 2.05) is 0 Å². The summed E-state index contributed by atoms with van der Waals surface area (Å²) in [5.74, 6) is 0. The van der Waals surface area contributed by atoms with Crippen LogP contribution in [0, 0.1) is 6.92 Å². The molecule has 1 aromatic heterocycles. The molecule has 18 heavy (non-hydrogen) atoms. The molecule has 0 radical (unpaired) electrons. The van der Waals surface area contributed by atoms with Gasteiger partial charge in [-0.3, -0.25) is 0 Å². The highest BCUT2D eigenvalue weighted by molar-refractivity contribution is 5.80. The molecule has 1 aromatic carbocycles. The zero-order valence-electron chi connectivity index (χ0n) is 10.8. The van der Waals surface area contributed by atoms with Crippen LogP contribution in [-0.2, 0) is 6.42 Å². The van der Waals surface area contributed by atoms with Gasteiger partial charge in [0, 0.05) is 44.5 Å². The van der Waals surface area contributed by atoms with Gasteiger partial charge in [-0.05, 0) is 24.6 Å². The van der Waals surface area contributed by atoms with Gasteiger partial charge in [-0.15, -0.1) is 0 Å². The number of rotatable bonds is 3. The SMILES string of the molecule is Cc1ccc2c(CCN3CCNCC3)noc2c1. The lowest BCUT2D eigenvalue weighted by Crippen LogP contribution is -2.44. The Kier molecular flexibility index (Phi) is 3.30. The molecule has 0 spiro atoms. The fourth-order valence-electron chi connectivity index (χ4n) is 2.48. The van der Waals surface area contributed by atoms with Crippen molar-refractivity contribution in [3.8, 4) is 0 Å². The van der Waals surface area contributed by atoms with Crippen LogP contribution in [-0.4, -0.2) is 42.8 Å². The van der Waals surface area contributed by atoms with Crippen molar-refractivity contribution in [3.63, 3.8) is 0 Å². The molecule has 4 nitrogen and oxygen atoms in total. The second-order valence-corrected chi connectivity index (χ2v) is 4.97. The van der Waals surface area contributed by atoms with E-state index < -0.39 is 0 Å². The molecule has 3 rings (SSSR count). The quantitative estimate of drug-likeness (QED) is 0.891. The van der Waals surface area contributed by atoms with E-state index in [1.165, 1.54) is 5.56 Å². The molecule has 0 saturated carbocycles.